The Morgan fingerprint density at radius 2 is 1.55 bits per heavy atom. The standard InChI is InChI=1S/C25H28N4O4/c1-2-14-31-16-18-33-19-17-32-15-13-28(21-22-9-5-3-6-10-22)25(30)29-26-20-24(27-29)23-11-7-4-8-12-23/h1,3-12,20H,13-19,21H2. The minimum Gasteiger partial charge on any atom is -0.377 e. The van der Waals surface area contributed by atoms with Crippen molar-refractivity contribution in [2.75, 3.05) is 46.2 Å². The number of benzene rings is 2. The average Bonchev–Trinajstić information content (AvgIpc) is 3.36. The highest BCUT2D eigenvalue weighted by molar-refractivity contribution is 5.75. The quantitative estimate of drug-likeness (QED) is 0.295. The van der Waals surface area contributed by atoms with Gasteiger partial charge in [0, 0.05) is 18.7 Å². The van der Waals surface area contributed by atoms with Gasteiger partial charge in [-0.15, -0.1) is 11.5 Å². The minimum absolute atomic E-state index is 0.281. The van der Waals surface area contributed by atoms with E-state index in [0.29, 0.717) is 51.8 Å². The maximum absolute atomic E-state index is 13.1. The number of hydrogen-bond donors (Lipinski definition) is 0. The zero-order valence-corrected chi connectivity index (χ0v) is 18.5. The van der Waals surface area contributed by atoms with Crippen LogP contribution in [0.15, 0.2) is 66.9 Å². The van der Waals surface area contributed by atoms with Crippen LogP contribution in [0.25, 0.3) is 11.3 Å². The van der Waals surface area contributed by atoms with Crippen molar-refractivity contribution >= 4 is 6.03 Å². The second-order valence-corrected chi connectivity index (χ2v) is 7.06. The molecule has 0 saturated heterocycles. The summed E-state index contributed by atoms with van der Waals surface area (Å²) in [6.45, 7) is 3.22. The van der Waals surface area contributed by atoms with E-state index in [4.69, 9.17) is 20.6 Å². The molecular weight excluding hydrogens is 420 g/mol. The molecule has 0 bridgehead atoms. The number of amides is 1. The van der Waals surface area contributed by atoms with Crippen molar-refractivity contribution in [2.45, 2.75) is 6.54 Å². The molecule has 0 aliphatic heterocycles. The highest BCUT2D eigenvalue weighted by atomic mass is 16.5. The van der Waals surface area contributed by atoms with Crippen LogP contribution in [-0.2, 0) is 20.8 Å². The summed E-state index contributed by atoms with van der Waals surface area (Å²) in [7, 11) is 0. The lowest BCUT2D eigenvalue weighted by Gasteiger charge is -2.21. The van der Waals surface area contributed by atoms with Gasteiger partial charge in [0.25, 0.3) is 0 Å². The Balaban J connectivity index is 1.52. The highest BCUT2D eigenvalue weighted by Gasteiger charge is 2.19. The van der Waals surface area contributed by atoms with Crippen molar-refractivity contribution in [3.05, 3.63) is 72.4 Å². The first kappa shape index (κ1) is 24.1. The molecule has 0 radical (unpaired) electrons. The monoisotopic (exact) mass is 448 g/mol. The van der Waals surface area contributed by atoms with Gasteiger partial charge >= 0.3 is 6.03 Å². The van der Waals surface area contributed by atoms with Crippen LogP contribution in [0.2, 0.25) is 0 Å². The van der Waals surface area contributed by atoms with Crippen molar-refractivity contribution in [3.8, 4) is 23.6 Å². The molecule has 2 aromatic carbocycles. The van der Waals surface area contributed by atoms with Crippen molar-refractivity contribution < 1.29 is 19.0 Å². The largest absolute Gasteiger partial charge is 0.377 e. The van der Waals surface area contributed by atoms with Crippen molar-refractivity contribution in [2.24, 2.45) is 0 Å². The third-order valence-electron chi connectivity index (χ3n) is 4.65. The molecule has 0 atom stereocenters. The second-order valence-electron chi connectivity index (χ2n) is 7.06. The van der Waals surface area contributed by atoms with Crippen LogP contribution < -0.4 is 0 Å². The van der Waals surface area contributed by atoms with E-state index in [1.54, 1.807) is 11.1 Å². The number of nitrogens with zero attached hydrogens (tertiary/aromatic N) is 4. The van der Waals surface area contributed by atoms with Crippen molar-refractivity contribution in [1.82, 2.24) is 19.9 Å². The summed E-state index contributed by atoms with van der Waals surface area (Å²) in [5.41, 5.74) is 2.55. The number of aromatic nitrogens is 3. The molecule has 0 fully saturated rings. The molecule has 1 amide bonds. The first-order chi connectivity index (χ1) is 16.3. The normalized spacial score (nSPS) is 10.6. The number of terminal acetylenes is 1. The molecule has 0 unspecified atom stereocenters. The number of carbonyl (C=O) groups excluding carboxylic acids is 1. The van der Waals surface area contributed by atoms with Gasteiger partial charge in [0.1, 0.15) is 12.3 Å². The van der Waals surface area contributed by atoms with E-state index in [9.17, 15) is 4.79 Å². The zero-order chi connectivity index (χ0) is 23.1. The van der Waals surface area contributed by atoms with Gasteiger partial charge in [-0.2, -0.15) is 5.10 Å². The number of rotatable bonds is 13. The lowest BCUT2D eigenvalue weighted by molar-refractivity contribution is 0.0169. The van der Waals surface area contributed by atoms with E-state index in [-0.39, 0.29) is 12.6 Å². The van der Waals surface area contributed by atoms with E-state index in [1.165, 1.54) is 0 Å². The lowest BCUT2D eigenvalue weighted by atomic mass is 10.2. The predicted octanol–water partition coefficient (Wildman–Crippen LogP) is 3.10. The molecule has 0 N–H and O–H groups in total. The number of carbonyl (C=O) groups is 1. The third-order valence-corrected chi connectivity index (χ3v) is 4.65. The molecule has 33 heavy (non-hydrogen) atoms. The summed E-state index contributed by atoms with van der Waals surface area (Å²) in [5.74, 6) is 2.40. The summed E-state index contributed by atoms with van der Waals surface area (Å²) in [4.78, 5) is 15.9. The van der Waals surface area contributed by atoms with Crippen LogP contribution in [0.4, 0.5) is 4.79 Å². The van der Waals surface area contributed by atoms with Gasteiger partial charge in [-0.1, -0.05) is 71.4 Å². The van der Waals surface area contributed by atoms with E-state index in [0.717, 1.165) is 15.9 Å². The van der Waals surface area contributed by atoms with Crippen LogP contribution in [0.5, 0.6) is 0 Å². The Morgan fingerprint density at radius 1 is 0.909 bits per heavy atom. The molecule has 0 saturated carbocycles. The van der Waals surface area contributed by atoms with Crippen LogP contribution in [0.3, 0.4) is 0 Å². The molecular formula is C25H28N4O4. The summed E-state index contributed by atoms with van der Waals surface area (Å²) in [6.07, 6.45) is 6.70. The average molecular weight is 449 g/mol. The summed E-state index contributed by atoms with van der Waals surface area (Å²) < 4.78 is 16.2. The minimum atomic E-state index is -0.313. The molecule has 0 aliphatic carbocycles. The van der Waals surface area contributed by atoms with Crippen LogP contribution in [0.1, 0.15) is 5.56 Å². The summed E-state index contributed by atoms with van der Waals surface area (Å²) >= 11 is 0. The highest BCUT2D eigenvalue weighted by Crippen LogP contribution is 2.15. The van der Waals surface area contributed by atoms with Gasteiger partial charge in [0.15, 0.2) is 0 Å². The molecule has 1 heterocycles. The maximum atomic E-state index is 13.1. The molecule has 8 nitrogen and oxygen atoms in total. The molecule has 3 aromatic rings. The Hall–Kier alpha value is -3.51. The lowest BCUT2D eigenvalue weighted by Crippen LogP contribution is -2.38. The van der Waals surface area contributed by atoms with E-state index in [1.807, 2.05) is 60.7 Å². The smallest absolute Gasteiger partial charge is 0.362 e. The maximum Gasteiger partial charge on any atom is 0.362 e. The summed E-state index contributed by atoms with van der Waals surface area (Å²) in [6, 6.07) is 19.1. The van der Waals surface area contributed by atoms with E-state index in [2.05, 4.69) is 16.1 Å². The summed E-state index contributed by atoms with van der Waals surface area (Å²) in [5, 5.41) is 8.56. The Morgan fingerprint density at radius 3 is 2.24 bits per heavy atom. The van der Waals surface area contributed by atoms with E-state index < -0.39 is 0 Å². The Labute approximate surface area is 194 Å². The fraction of sp³-hybridized carbons (Fsp3) is 0.320. The molecule has 1 aromatic heterocycles. The van der Waals surface area contributed by atoms with Gasteiger partial charge in [0.05, 0.1) is 39.2 Å². The Kier molecular flexibility index (Phi) is 10.1. The van der Waals surface area contributed by atoms with Crippen LogP contribution in [-0.4, -0.2) is 72.1 Å². The van der Waals surface area contributed by atoms with E-state index >= 15 is 0 Å². The van der Waals surface area contributed by atoms with Gasteiger partial charge < -0.3 is 19.1 Å². The van der Waals surface area contributed by atoms with Gasteiger partial charge in [-0.05, 0) is 5.56 Å². The number of hydrogen-bond acceptors (Lipinski definition) is 6. The molecule has 0 aliphatic rings. The third kappa shape index (κ3) is 8.16. The van der Waals surface area contributed by atoms with Crippen molar-refractivity contribution in [3.63, 3.8) is 0 Å². The molecule has 3 rings (SSSR count). The first-order valence-electron chi connectivity index (χ1n) is 10.8. The number of ether oxygens (including phenoxy) is 3. The van der Waals surface area contributed by atoms with Crippen LogP contribution in [0, 0.1) is 12.3 Å². The van der Waals surface area contributed by atoms with Gasteiger partial charge in [0.2, 0.25) is 0 Å². The van der Waals surface area contributed by atoms with Gasteiger partial charge in [-0.25, -0.2) is 4.79 Å². The molecule has 172 valence electrons. The van der Waals surface area contributed by atoms with Gasteiger partial charge in [-0.3, -0.25) is 0 Å². The fourth-order valence-electron chi connectivity index (χ4n) is 3.01. The van der Waals surface area contributed by atoms with Crippen LogP contribution >= 0.6 is 0 Å². The molecule has 0 spiro atoms. The first-order valence-corrected chi connectivity index (χ1v) is 10.8. The topological polar surface area (TPSA) is 78.7 Å². The SMILES string of the molecule is C#CCOCCOCCOCCN(Cc1ccccc1)C(=O)n1ncc(-c2ccccc2)n1. The fourth-order valence-corrected chi connectivity index (χ4v) is 3.01. The molecule has 8 heteroatoms. The second kappa shape index (κ2) is 13.8. The van der Waals surface area contributed by atoms with Crippen molar-refractivity contribution in [1.29, 1.82) is 0 Å². The predicted molar refractivity (Wildman–Crippen MR) is 124 cm³/mol. The Bertz CT molecular complexity index is 1000. The zero-order valence-electron chi connectivity index (χ0n) is 18.5.